The van der Waals surface area contributed by atoms with Gasteiger partial charge in [-0.3, -0.25) is 14.5 Å². The van der Waals surface area contributed by atoms with Gasteiger partial charge < -0.3 is 9.80 Å². The summed E-state index contributed by atoms with van der Waals surface area (Å²) in [6, 6.07) is 4.22. The third-order valence-electron chi connectivity index (χ3n) is 4.73. The van der Waals surface area contributed by atoms with Crippen molar-refractivity contribution in [2.75, 3.05) is 38.1 Å². The topological polar surface area (TPSA) is 56.8 Å². The van der Waals surface area contributed by atoms with Crippen molar-refractivity contribution in [3.05, 3.63) is 18.3 Å². The second-order valence-electron chi connectivity index (χ2n) is 6.55. The van der Waals surface area contributed by atoms with Crippen LogP contribution in [0.2, 0.25) is 0 Å². The molecule has 0 bridgehead atoms. The number of nitrogens with zero attached hydrogens (tertiary/aromatic N) is 4. The predicted molar refractivity (Wildman–Crippen MR) is 95.2 cm³/mol. The van der Waals surface area contributed by atoms with Gasteiger partial charge in [0, 0.05) is 51.9 Å². The van der Waals surface area contributed by atoms with Gasteiger partial charge in [-0.25, -0.2) is 4.98 Å². The Kier molecular flexibility index (Phi) is 5.10. The second kappa shape index (κ2) is 7.11. The maximum atomic E-state index is 12.6. The molecule has 1 fully saturated rings. The number of hydrogen-bond donors (Lipinski definition) is 0. The first kappa shape index (κ1) is 17.2. The first-order valence-corrected chi connectivity index (χ1v) is 9.26. The van der Waals surface area contributed by atoms with Crippen LogP contribution in [0.15, 0.2) is 23.4 Å². The zero-order chi connectivity index (χ0) is 17.3. The lowest BCUT2D eigenvalue weighted by Crippen LogP contribution is -2.51. The number of anilines is 1. The fraction of sp³-hybridized carbons (Fsp3) is 0.588. The summed E-state index contributed by atoms with van der Waals surface area (Å²) >= 11 is 1.41. The van der Waals surface area contributed by atoms with Gasteiger partial charge in [-0.15, -0.1) is 0 Å². The van der Waals surface area contributed by atoms with Crippen molar-refractivity contribution in [2.24, 2.45) is 0 Å². The highest BCUT2D eigenvalue weighted by molar-refractivity contribution is 8.00. The Morgan fingerprint density at radius 1 is 1.33 bits per heavy atom. The molecule has 0 unspecified atom stereocenters. The molecule has 1 aromatic heterocycles. The summed E-state index contributed by atoms with van der Waals surface area (Å²) < 4.78 is 0. The van der Waals surface area contributed by atoms with E-state index in [4.69, 9.17) is 0 Å². The van der Waals surface area contributed by atoms with Crippen LogP contribution < -0.4 is 4.90 Å². The number of amides is 2. The zero-order valence-corrected chi connectivity index (χ0v) is 15.3. The Hall–Kier alpha value is -1.60. The molecule has 0 radical (unpaired) electrons. The summed E-state index contributed by atoms with van der Waals surface area (Å²) in [5, 5.41) is 0.440. The van der Waals surface area contributed by atoms with E-state index in [0.717, 1.165) is 36.9 Å². The van der Waals surface area contributed by atoms with Crippen LogP contribution in [-0.2, 0) is 9.59 Å². The largest absolute Gasteiger partial charge is 0.340 e. The smallest absolute Gasteiger partial charge is 0.240 e. The van der Waals surface area contributed by atoms with Crippen LogP contribution in [-0.4, -0.2) is 71.1 Å². The first-order valence-electron chi connectivity index (χ1n) is 8.38. The van der Waals surface area contributed by atoms with Gasteiger partial charge in [0.25, 0.3) is 0 Å². The van der Waals surface area contributed by atoms with Gasteiger partial charge in [0.15, 0.2) is 0 Å². The number of fused-ring (bicyclic) bond motifs is 1. The van der Waals surface area contributed by atoms with Crippen molar-refractivity contribution < 1.29 is 9.59 Å². The van der Waals surface area contributed by atoms with E-state index >= 15 is 0 Å². The van der Waals surface area contributed by atoms with Crippen LogP contribution >= 0.6 is 11.8 Å². The predicted octanol–water partition coefficient (Wildman–Crippen LogP) is 1.46. The van der Waals surface area contributed by atoms with Crippen LogP contribution in [0.4, 0.5) is 5.69 Å². The van der Waals surface area contributed by atoms with E-state index in [-0.39, 0.29) is 23.5 Å². The van der Waals surface area contributed by atoms with Gasteiger partial charge in [-0.2, -0.15) is 0 Å². The van der Waals surface area contributed by atoms with Gasteiger partial charge in [0.05, 0.1) is 10.9 Å². The standard InChI is InChI=1S/C17H24N4O2S/c1-12(2)20-7-9-21(10-8-20)15(22)11-14-17(23)19(3)13-5-4-6-18-16(13)24-14/h4-6,12,14H,7-11H2,1-3H3/t14-/m1/s1. The van der Waals surface area contributed by atoms with Crippen molar-refractivity contribution in [3.63, 3.8) is 0 Å². The molecule has 1 atom stereocenters. The summed E-state index contributed by atoms with van der Waals surface area (Å²) in [6.45, 7) is 7.64. The Balaban J connectivity index is 1.62. The van der Waals surface area contributed by atoms with Crippen molar-refractivity contribution in [3.8, 4) is 0 Å². The molecule has 0 spiro atoms. The van der Waals surface area contributed by atoms with E-state index < -0.39 is 0 Å². The fourth-order valence-corrected chi connectivity index (χ4v) is 4.35. The fourth-order valence-electron chi connectivity index (χ4n) is 3.15. The maximum absolute atomic E-state index is 12.6. The number of piperazine rings is 1. The molecular formula is C17H24N4O2S. The molecule has 3 rings (SSSR count). The molecule has 7 heteroatoms. The third-order valence-corrected chi connectivity index (χ3v) is 5.92. The summed E-state index contributed by atoms with van der Waals surface area (Å²) in [5.41, 5.74) is 0.821. The molecule has 2 aliphatic rings. The summed E-state index contributed by atoms with van der Waals surface area (Å²) in [4.78, 5) is 35.4. The number of thioether (sulfide) groups is 1. The summed E-state index contributed by atoms with van der Waals surface area (Å²) in [7, 11) is 1.75. The van der Waals surface area contributed by atoms with Crippen LogP contribution in [0.1, 0.15) is 20.3 Å². The van der Waals surface area contributed by atoms with Crippen molar-refractivity contribution in [1.82, 2.24) is 14.8 Å². The quantitative estimate of drug-likeness (QED) is 0.828. The highest BCUT2D eigenvalue weighted by Gasteiger charge is 2.35. The van der Waals surface area contributed by atoms with Gasteiger partial charge in [-0.1, -0.05) is 11.8 Å². The average Bonchev–Trinajstić information content (AvgIpc) is 2.59. The third kappa shape index (κ3) is 3.42. The average molecular weight is 348 g/mol. The Labute approximate surface area is 147 Å². The van der Waals surface area contributed by atoms with Crippen molar-refractivity contribution in [2.45, 2.75) is 36.6 Å². The molecule has 0 saturated carbocycles. The molecule has 0 aliphatic carbocycles. The van der Waals surface area contributed by atoms with E-state index in [1.165, 1.54) is 11.8 Å². The molecule has 130 valence electrons. The summed E-state index contributed by atoms with van der Waals surface area (Å²) in [6.07, 6.45) is 1.96. The molecule has 0 aromatic carbocycles. The lowest BCUT2D eigenvalue weighted by Gasteiger charge is -2.37. The van der Waals surface area contributed by atoms with Gasteiger partial charge >= 0.3 is 0 Å². The van der Waals surface area contributed by atoms with Crippen LogP contribution in [0.5, 0.6) is 0 Å². The van der Waals surface area contributed by atoms with E-state index in [1.54, 1.807) is 18.1 Å². The van der Waals surface area contributed by atoms with Gasteiger partial charge in [0.1, 0.15) is 5.03 Å². The minimum atomic E-state index is -0.381. The highest BCUT2D eigenvalue weighted by atomic mass is 32.2. The maximum Gasteiger partial charge on any atom is 0.240 e. The number of carbonyl (C=O) groups is 2. The van der Waals surface area contributed by atoms with Gasteiger partial charge in [0.2, 0.25) is 11.8 Å². The normalized spacial score (nSPS) is 22.0. The van der Waals surface area contributed by atoms with E-state index in [1.807, 2.05) is 17.0 Å². The van der Waals surface area contributed by atoms with Crippen molar-refractivity contribution in [1.29, 1.82) is 0 Å². The second-order valence-corrected chi connectivity index (χ2v) is 7.74. The Bertz CT molecular complexity index is 629. The van der Waals surface area contributed by atoms with E-state index in [2.05, 4.69) is 23.7 Å². The molecule has 2 amide bonds. The minimum absolute atomic E-state index is 0.0188. The highest BCUT2D eigenvalue weighted by Crippen LogP contribution is 2.38. The molecular weight excluding hydrogens is 324 g/mol. The molecule has 1 saturated heterocycles. The molecule has 24 heavy (non-hydrogen) atoms. The molecule has 2 aliphatic heterocycles. The number of carbonyl (C=O) groups excluding carboxylic acids is 2. The zero-order valence-electron chi connectivity index (χ0n) is 14.4. The summed E-state index contributed by atoms with van der Waals surface area (Å²) in [5.74, 6) is 0.0479. The number of aromatic nitrogens is 1. The lowest BCUT2D eigenvalue weighted by atomic mass is 10.2. The number of hydrogen-bond acceptors (Lipinski definition) is 5. The molecule has 1 aromatic rings. The first-order chi connectivity index (χ1) is 11.5. The Morgan fingerprint density at radius 2 is 2.04 bits per heavy atom. The molecule has 6 nitrogen and oxygen atoms in total. The van der Waals surface area contributed by atoms with Crippen molar-refractivity contribution >= 4 is 29.3 Å². The van der Waals surface area contributed by atoms with E-state index in [0.29, 0.717) is 6.04 Å². The van der Waals surface area contributed by atoms with Crippen LogP contribution in [0.3, 0.4) is 0 Å². The monoisotopic (exact) mass is 348 g/mol. The lowest BCUT2D eigenvalue weighted by molar-refractivity contribution is -0.134. The van der Waals surface area contributed by atoms with E-state index in [9.17, 15) is 9.59 Å². The molecule has 0 N–H and O–H groups in total. The van der Waals surface area contributed by atoms with Crippen LogP contribution in [0.25, 0.3) is 0 Å². The number of pyridine rings is 1. The molecule has 3 heterocycles. The minimum Gasteiger partial charge on any atom is -0.340 e. The van der Waals surface area contributed by atoms with Crippen LogP contribution in [0, 0.1) is 0 Å². The number of rotatable bonds is 3. The SMILES string of the molecule is CC(C)N1CCN(C(=O)C[C@H]2Sc3ncccc3N(C)C2=O)CC1. The Morgan fingerprint density at radius 3 is 2.71 bits per heavy atom. The van der Waals surface area contributed by atoms with Gasteiger partial charge in [-0.05, 0) is 26.0 Å².